The van der Waals surface area contributed by atoms with Crippen molar-refractivity contribution in [2.24, 2.45) is 0 Å². The smallest absolute Gasteiger partial charge is 0.163 e. The van der Waals surface area contributed by atoms with Crippen molar-refractivity contribution in [2.75, 3.05) is 0 Å². The van der Waals surface area contributed by atoms with Gasteiger partial charge in [0.1, 0.15) is 0 Å². The van der Waals surface area contributed by atoms with Crippen molar-refractivity contribution in [2.45, 2.75) is 12.3 Å². The van der Waals surface area contributed by atoms with Crippen LogP contribution in [0.5, 0.6) is 0 Å². The average molecular weight is 234 g/mol. The summed E-state index contributed by atoms with van der Waals surface area (Å²) < 4.78 is 0. The molecule has 18 heavy (non-hydrogen) atoms. The van der Waals surface area contributed by atoms with Gasteiger partial charge in [-0.3, -0.25) is 4.79 Å². The molecule has 0 saturated carbocycles. The van der Waals surface area contributed by atoms with E-state index in [0.717, 1.165) is 5.56 Å². The molecule has 1 nitrogen and oxygen atoms in total. The fourth-order valence-electron chi connectivity index (χ4n) is 1.91. The first-order valence-electron chi connectivity index (χ1n) is 5.95. The van der Waals surface area contributed by atoms with Crippen LogP contribution >= 0.6 is 0 Å². The summed E-state index contributed by atoms with van der Waals surface area (Å²) in [6.45, 7) is 7.48. The summed E-state index contributed by atoms with van der Waals surface area (Å²) in [4.78, 5) is 12.1. The number of rotatable bonds is 5. The van der Waals surface area contributed by atoms with Crippen LogP contribution in [0, 0.1) is 6.58 Å². The topological polar surface area (TPSA) is 17.1 Å². The maximum atomic E-state index is 12.1. The molecule has 2 aromatic carbocycles. The van der Waals surface area contributed by atoms with E-state index in [2.05, 4.69) is 0 Å². The Balaban J connectivity index is 2.13. The molecule has 88 valence electrons. The second kappa shape index (κ2) is 5.97. The summed E-state index contributed by atoms with van der Waals surface area (Å²) in [6.07, 6.45) is 1.69. The van der Waals surface area contributed by atoms with E-state index in [4.69, 9.17) is 6.58 Å². The van der Waals surface area contributed by atoms with Crippen molar-refractivity contribution in [3.8, 4) is 0 Å². The van der Waals surface area contributed by atoms with Gasteiger partial charge in [-0.15, -0.1) is 0 Å². The second-order valence-corrected chi connectivity index (χ2v) is 4.18. The number of allylic oxidation sites excluding steroid dienone is 1. The fraction of sp³-hybridized carbons (Fsp3) is 0.118. The van der Waals surface area contributed by atoms with E-state index in [1.807, 2.05) is 60.7 Å². The van der Waals surface area contributed by atoms with Crippen LogP contribution in [-0.4, -0.2) is 5.78 Å². The minimum absolute atomic E-state index is 0.0768. The monoisotopic (exact) mass is 234 g/mol. The molecule has 1 heteroatoms. The van der Waals surface area contributed by atoms with Gasteiger partial charge in [-0.1, -0.05) is 66.7 Å². The summed E-state index contributed by atoms with van der Waals surface area (Å²) >= 11 is 0. The van der Waals surface area contributed by atoms with Gasteiger partial charge in [-0.05, 0) is 12.1 Å². The Morgan fingerprint density at radius 3 is 2.11 bits per heavy atom. The standard InChI is InChI=1S/C17H14O/c1-2-14(15-9-5-3-6-10-15)13-17(18)16-11-7-4-8-12-16/h2-12,14H,13H2. The van der Waals surface area contributed by atoms with Gasteiger partial charge in [0, 0.05) is 17.9 Å². The van der Waals surface area contributed by atoms with Gasteiger partial charge in [-0.2, -0.15) is 0 Å². The van der Waals surface area contributed by atoms with Gasteiger partial charge in [0.2, 0.25) is 0 Å². The third-order valence-electron chi connectivity index (χ3n) is 2.93. The van der Waals surface area contributed by atoms with E-state index < -0.39 is 0 Å². The van der Waals surface area contributed by atoms with Gasteiger partial charge < -0.3 is 0 Å². The van der Waals surface area contributed by atoms with Crippen LogP contribution < -0.4 is 0 Å². The fourth-order valence-corrected chi connectivity index (χ4v) is 1.91. The maximum absolute atomic E-state index is 12.1. The van der Waals surface area contributed by atoms with Crippen molar-refractivity contribution < 1.29 is 4.79 Å². The van der Waals surface area contributed by atoms with Gasteiger partial charge in [-0.25, -0.2) is 0 Å². The molecule has 2 aromatic rings. The van der Waals surface area contributed by atoms with E-state index in [1.165, 1.54) is 6.08 Å². The number of hydrogen-bond donors (Lipinski definition) is 0. The second-order valence-electron chi connectivity index (χ2n) is 4.18. The number of ketones is 1. The van der Waals surface area contributed by atoms with Crippen LogP contribution in [0.1, 0.15) is 28.3 Å². The highest BCUT2D eigenvalue weighted by molar-refractivity contribution is 5.96. The summed E-state index contributed by atoms with van der Waals surface area (Å²) in [7, 11) is 0. The minimum Gasteiger partial charge on any atom is -0.294 e. The van der Waals surface area contributed by atoms with Crippen LogP contribution in [-0.2, 0) is 0 Å². The molecule has 0 aliphatic rings. The lowest BCUT2D eigenvalue weighted by molar-refractivity contribution is 0.0978. The van der Waals surface area contributed by atoms with Gasteiger partial charge >= 0.3 is 0 Å². The summed E-state index contributed by atoms with van der Waals surface area (Å²) in [6, 6.07) is 18.9. The normalized spacial score (nSPS) is 11.8. The van der Waals surface area contributed by atoms with Crippen molar-refractivity contribution in [3.05, 3.63) is 84.4 Å². The van der Waals surface area contributed by atoms with Crippen LogP contribution in [0.4, 0.5) is 0 Å². The Hall–Kier alpha value is -2.15. The number of Topliss-reactive ketones (excluding diaryl/α,β-unsaturated/α-hetero) is 1. The number of carbonyl (C=O) groups is 1. The lowest BCUT2D eigenvalue weighted by Crippen LogP contribution is -2.05. The van der Waals surface area contributed by atoms with E-state index in [0.29, 0.717) is 12.0 Å². The quantitative estimate of drug-likeness (QED) is 0.717. The first kappa shape index (κ1) is 12.3. The predicted octanol–water partition coefficient (Wildman–Crippen LogP) is 3.91. The zero-order valence-electron chi connectivity index (χ0n) is 10.0. The molecule has 2 rings (SSSR count). The van der Waals surface area contributed by atoms with Crippen LogP contribution in [0.25, 0.3) is 0 Å². The molecule has 2 radical (unpaired) electrons. The van der Waals surface area contributed by atoms with Crippen LogP contribution in [0.3, 0.4) is 0 Å². The van der Waals surface area contributed by atoms with E-state index >= 15 is 0 Å². The van der Waals surface area contributed by atoms with E-state index in [-0.39, 0.29) is 11.7 Å². The molecular formula is C17H14O. The molecule has 0 fully saturated rings. The predicted molar refractivity (Wildman–Crippen MR) is 72.4 cm³/mol. The summed E-state index contributed by atoms with van der Waals surface area (Å²) in [5.41, 5.74) is 1.72. The van der Waals surface area contributed by atoms with Crippen molar-refractivity contribution in [3.63, 3.8) is 0 Å². The Labute approximate surface area is 108 Å². The molecule has 0 aliphatic heterocycles. The van der Waals surface area contributed by atoms with Crippen LogP contribution in [0.2, 0.25) is 0 Å². The van der Waals surface area contributed by atoms with E-state index in [1.54, 1.807) is 0 Å². The lowest BCUT2D eigenvalue weighted by Gasteiger charge is -2.11. The van der Waals surface area contributed by atoms with Crippen molar-refractivity contribution in [1.82, 2.24) is 0 Å². The molecule has 0 spiro atoms. The Morgan fingerprint density at radius 1 is 1.00 bits per heavy atom. The highest BCUT2D eigenvalue weighted by atomic mass is 16.1. The van der Waals surface area contributed by atoms with Gasteiger partial charge in [0.15, 0.2) is 5.78 Å². The zero-order valence-corrected chi connectivity index (χ0v) is 10.0. The lowest BCUT2D eigenvalue weighted by atomic mass is 9.92. The molecule has 0 N–H and O–H groups in total. The van der Waals surface area contributed by atoms with Gasteiger partial charge in [0.25, 0.3) is 0 Å². The zero-order chi connectivity index (χ0) is 12.8. The molecule has 0 heterocycles. The number of carbonyl (C=O) groups excluding carboxylic acids is 1. The van der Waals surface area contributed by atoms with Crippen molar-refractivity contribution >= 4 is 5.78 Å². The minimum atomic E-state index is -0.140. The molecule has 1 unspecified atom stereocenters. The first-order chi connectivity index (χ1) is 8.81. The third-order valence-corrected chi connectivity index (χ3v) is 2.93. The molecular weight excluding hydrogens is 220 g/mol. The maximum Gasteiger partial charge on any atom is 0.163 e. The Kier molecular flexibility index (Phi) is 4.08. The number of benzene rings is 2. The highest BCUT2D eigenvalue weighted by Crippen LogP contribution is 2.22. The van der Waals surface area contributed by atoms with Crippen molar-refractivity contribution in [1.29, 1.82) is 0 Å². The molecule has 0 amide bonds. The average Bonchev–Trinajstić information content (AvgIpc) is 2.46. The van der Waals surface area contributed by atoms with Crippen LogP contribution in [0.15, 0.2) is 66.7 Å². The Bertz CT molecular complexity index is 514. The summed E-state index contributed by atoms with van der Waals surface area (Å²) in [5, 5.41) is 0. The molecule has 0 aromatic heterocycles. The first-order valence-corrected chi connectivity index (χ1v) is 5.95. The largest absolute Gasteiger partial charge is 0.294 e. The van der Waals surface area contributed by atoms with E-state index in [9.17, 15) is 4.79 Å². The number of hydrogen-bond acceptors (Lipinski definition) is 1. The molecule has 0 saturated heterocycles. The Morgan fingerprint density at radius 2 is 1.56 bits per heavy atom. The third kappa shape index (κ3) is 2.95. The SMILES string of the molecule is [C]=CC(CC(=O)c1ccccc1)c1ccccc1. The highest BCUT2D eigenvalue weighted by Gasteiger charge is 2.13. The molecule has 1 atom stereocenters. The molecule has 0 bridgehead atoms. The summed E-state index contributed by atoms with van der Waals surface area (Å²) in [5.74, 6) is -0.0631. The molecule has 0 aliphatic carbocycles. The van der Waals surface area contributed by atoms with Gasteiger partial charge in [0.05, 0.1) is 0 Å².